The summed E-state index contributed by atoms with van der Waals surface area (Å²) in [5.41, 5.74) is 1.74. The number of anilines is 1. The normalized spacial score (nSPS) is 17.4. The summed E-state index contributed by atoms with van der Waals surface area (Å²) in [6.45, 7) is 1.23. The van der Waals surface area contributed by atoms with Crippen LogP contribution in [-0.4, -0.2) is 34.4 Å². The summed E-state index contributed by atoms with van der Waals surface area (Å²) >= 11 is 3.00. The summed E-state index contributed by atoms with van der Waals surface area (Å²) in [5, 5.41) is 10.3. The van der Waals surface area contributed by atoms with Crippen LogP contribution in [0.15, 0.2) is 16.8 Å². The number of amides is 3. The molecule has 3 amide bonds. The molecule has 132 valence electrons. The number of fused-ring (bicyclic) bond motifs is 1. The molecule has 4 rings (SSSR count). The zero-order valence-electron chi connectivity index (χ0n) is 13.8. The molecule has 0 atom stereocenters. The van der Waals surface area contributed by atoms with Crippen LogP contribution in [0, 0.1) is 0 Å². The largest absolute Gasteiger partial charge is 0.335 e. The third-order valence-electron chi connectivity index (χ3n) is 4.70. The number of carbonyl (C=O) groups is 2. The van der Waals surface area contributed by atoms with Crippen LogP contribution in [0.1, 0.15) is 46.6 Å². The maximum Gasteiger partial charge on any atom is 0.321 e. The molecule has 1 aliphatic heterocycles. The fraction of sp³-hybridized carbons (Fsp3) is 0.471. The molecule has 2 N–H and O–H groups in total. The SMILES string of the molecule is O=C(Nc1nc2c(s1)CN(C(=O)c1ccsc1)CC2)NC1CCCC1. The lowest BCUT2D eigenvalue weighted by atomic mass is 10.1. The summed E-state index contributed by atoms with van der Waals surface area (Å²) in [6, 6.07) is 1.97. The molecule has 1 aliphatic carbocycles. The van der Waals surface area contributed by atoms with Crippen molar-refractivity contribution in [2.75, 3.05) is 11.9 Å². The summed E-state index contributed by atoms with van der Waals surface area (Å²) in [4.78, 5) is 32.0. The molecule has 0 spiro atoms. The van der Waals surface area contributed by atoms with E-state index in [1.807, 2.05) is 21.7 Å². The summed E-state index contributed by atoms with van der Waals surface area (Å²) < 4.78 is 0. The van der Waals surface area contributed by atoms with Crippen molar-refractivity contribution in [3.63, 3.8) is 0 Å². The van der Waals surface area contributed by atoms with Crippen LogP contribution in [-0.2, 0) is 13.0 Å². The Bertz CT molecular complexity index is 766. The highest BCUT2D eigenvalue weighted by molar-refractivity contribution is 7.15. The molecule has 1 saturated carbocycles. The molecular weight excluding hydrogens is 356 g/mol. The van der Waals surface area contributed by atoms with Gasteiger partial charge in [0.2, 0.25) is 0 Å². The van der Waals surface area contributed by atoms with Gasteiger partial charge in [0.1, 0.15) is 0 Å². The third-order valence-corrected chi connectivity index (χ3v) is 6.38. The molecule has 1 fully saturated rings. The number of nitrogens with one attached hydrogen (secondary N) is 2. The van der Waals surface area contributed by atoms with Gasteiger partial charge in [-0.1, -0.05) is 24.2 Å². The maximum absolute atomic E-state index is 12.5. The van der Waals surface area contributed by atoms with Crippen LogP contribution in [0.4, 0.5) is 9.93 Å². The highest BCUT2D eigenvalue weighted by Crippen LogP contribution is 2.29. The molecule has 0 radical (unpaired) electrons. The van der Waals surface area contributed by atoms with Crippen molar-refractivity contribution < 1.29 is 9.59 Å². The zero-order chi connectivity index (χ0) is 17.2. The van der Waals surface area contributed by atoms with Crippen LogP contribution in [0.5, 0.6) is 0 Å². The minimum Gasteiger partial charge on any atom is -0.335 e. The lowest BCUT2D eigenvalue weighted by molar-refractivity contribution is 0.0737. The number of hydrogen-bond donors (Lipinski definition) is 2. The minimum absolute atomic E-state index is 0.0637. The highest BCUT2D eigenvalue weighted by Gasteiger charge is 2.26. The second-order valence-corrected chi connectivity index (χ2v) is 8.32. The Kier molecular flexibility index (Phi) is 4.72. The van der Waals surface area contributed by atoms with E-state index in [-0.39, 0.29) is 18.0 Å². The number of nitrogens with zero attached hydrogens (tertiary/aromatic N) is 2. The average molecular weight is 377 g/mol. The average Bonchev–Trinajstić information content (AvgIpc) is 3.34. The Balaban J connectivity index is 1.38. The number of hydrogen-bond acceptors (Lipinski definition) is 5. The molecule has 2 aromatic rings. The fourth-order valence-electron chi connectivity index (χ4n) is 3.38. The topological polar surface area (TPSA) is 74.3 Å². The van der Waals surface area contributed by atoms with E-state index in [1.165, 1.54) is 35.5 Å². The molecule has 2 aliphatic rings. The molecule has 3 heterocycles. The summed E-state index contributed by atoms with van der Waals surface area (Å²) in [6.07, 6.45) is 5.21. The second-order valence-electron chi connectivity index (χ2n) is 6.46. The van der Waals surface area contributed by atoms with E-state index in [2.05, 4.69) is 15.6 Å². The molecular formula is C17H20N4O2S2. The molecule has 8 heteroatoms. The van der Waals surface area contributed by atoms with Gasteiger partial charge in [0.25, 0.3) is 5.91 Å². The van der Waals surface area contributed by atoms with Gasteiger partial charge >= 0.3 is 6.03 Å². The van der Waals surface area contributed by atoms with Gasteiger partial charge in [-0.3, -0.25) is 10.1 Å². The van der Waals surface area contributed by atoms with Gasteiger partial charge in [0, 0.05) is 29.3 Å². The predicted octanol–water partition coefficient (Wildman–Crippen LogP) is 3.47. The number of thiazole rings is 1. The summed E-state index contributed by atoms with van der Waals surface area (Å²) in [7, 11) is 0. The van der Waals surface area contributed by atoms with Gasteiger partial charge in [0.05, 0.1) is 17.8 Å². The van der Waals surface area contributed by atoms with E-state index in [0.717, 1.165) is 35.4 Å². The van der Waals surface area contributed by atoms with Gasteiger partial charge in [-0.15, -0.1) is 0 Å². The van der Waals surface area contributed by atoms with Gasteiger partial charge in [0.15, 0.2) is 5.13 Å². The molecule has 0 saturated heterocycles. The van der Waals surface area contributed by atoms with Crippen molar-refractivity contribution in [1.82, 2.24) is 15.2 Å². The number of carbonyl (C=O) groups excluding carboxylic acids is 2. The Morgan fingerprint density at radius 3 is 2.88 bits per heavy atom. The quantitative estimate of drug-likeness (QED) is 0.861. The molecule has 0 bridgehead atoms. The lowest BCUT2D eigenvalue weighted by Gasteiger charge is -2.25. The van der Waals surface area contributed by atoms with E-state index in [9.17, 15) is 9.59 Å². The molecule has 2 aromatic heterocycles. The van der Waals surface area contributed by atoms with Crippen LogP contribution < -0.4 is 10.6 Å². The van der Waals surface area contributed by atoms with Crippen molar-refractivity contribution >= 4 is 39.7 Å². The van der Waals surface area contributed by atoms with Gasteiger partial charge in [-0.2, -0.15) is 11.3 Å². The van der Waals surface area contributed by atoms with Crippen LogP contribution >= 0.6 is 22.7 Å². The minimum atomic E-state index is -0.177. The van der Waals surface area contributed by atoms with Crippen LogP contribution in [0.3, 0.4) is 0 Å². The molecule has 0 aromatic carbocycles. The van der Waals surface area contributed by atoms with Crippen molar-refractivity contribution in [3.8, 4) is 0 Å². The van der Waals surface area contributed by atoms with Crippen molar-refractivity contribution in [2.24, 2.45) is 0 Å². The number of urea groups is 1. The zero-order valence-corrected chi connectivity index (χ0v) is 15.4. The Hall–Kier alpha value is -1.93. The van der Waals surface area contributed by atoms with Crippen molar-refractivity contribution in [1.29, 1.82) is 0 Å². The first kappa shape index (κ1) is 16.5. The third kappa shape index (κ3) is 3.69. The Morgan fingerprint density at radius 1 is 1.28 bits per heavy atom. The first-order chi connectivity index (χ1) is 12.2. The first-order valence-corrected chi connectivity index (χ1v) is 10.3. The fourth-order valence-corrected chi connectivity index (χ4v) is 5.03. The number of aromatic nitrogens is 1. The van der Waals surface area contributed by atoms with E-state index in [4.69, 9.17) is 0 Å². The van der Waals surface area contributed by atoms with Gasteiger partial charge in [-0.05, 0) is 24.3 Å². The van der Waals surface area contributed by atoms with Crippen LogP contribution in [0.2, 0.25) is 0 Å². The smallest absolute Gasteiger partial charge is 0.321 e. The summed E-state index contributed by atoms with van der Waals surface area (Å²) in [5.74, 6) is 0.0637. The molecule has 25 heavy (non-hydrogen) atoms. The van der Waals surface area contributed by atoms with E-state index < -0.39 is 0 Å². The van der Waals surface area contributed by atoms with Crippen LogP contribution in [0.25, 0.3) is 0 Å². The van der Waals surface area contributed by atoms with Gasteiger partial charge < -0.3 is 10.2 Å². The van der Waals surface area contributed by atoms with Crippen molar-refractivity contribution in [3.05, 3.63) is 33.0 Å². The number of thiophene rings is 1. The van der Waals surface area contributed by atoms with E-state index >= 15 is 0 Å². The van der Waals surface area contributed by atoms with E-state index in [0.29, 0.717) is 18.2 Å². The first-order valence-electron chi connectivity index (χ1n) is 8.56. The lowest BCUT2D eigenvalue weighted by Crippen LogP contribution is -2.36. The Labute approximate surface area is 154 Å². The maximum atomic E-state index is 12.5. The van der Waals surface area contributed by atoms with Crippen molar-refractivity contribution in [2.45, 2.75) is 44.7 Å². The molecule has 6 nitrogen and oxygen atoms in total. The second kappa shape index (κ2) is 7.13. The monoisotopic (exact) mass is 376 g/mol. The standard InChI is InChI=1S/C17H20N4O2S2/c22-15(11-6-8-24-10-11)21-7-5-13-14(9-21)25-17(19-13)20-16(23)18-12-3-1-2-4-12/h6,8,10,12H,1-5,7,9H2,(H2,18,19,20,23). The number of rotatable bonds is 3. The Morgan fingerprint density at radius 2 is 2.12 bits per heavy atom. The van der Waals surface area contributed by atoms with E-state index in [1.54, 1.807) is 0 Å². The van der Waals surface area contributed by atoms with Gasteiger partial charge in [-0.25, -0.2) is 9.78 Å². The highest BCUT2D eigenvalue weighted by atomic mass is 32.1. The molecule has 0 unspecified atom stereocenters. The predicted molar refractivity (Wildman–Crippen MR) is 99.3 cm³/mol.